The van der Waals surface area contributed by atoms with E-state index in [0.29, 0.717) is 6.04 Å². The molecule has 0 saturated heterocycles. The lowest BCUT2D eigenvalue weighted by atomic mass is 10.1. The molecule has 3 nitrogen and oxygen atoms in total. The molecule has 0 aromatic heterocycles. The first-order valence-corrected chi connectivity index (χ1v) is 8.26. The van der Waals surface area contributed by atoms with Crippen LogP contribution in [0.2, 0.25) is 0 Å². The van der Waals surface area contributed by atoms with Crippen LogP contribution in [0.3, 0.4) is 0 Å². The highest BCUT2D eigenvalue weighted by atomic mass is 16.5. The van der Waals surface area contributed by atoms with E-state index >= 15 is 0 Å². The zero-order valence-electron chi connectivity index (χ0n) is 13.8. The molecule has 0 aliphatic heterocycles. The fourth-order valence-corrected chi connectivity index (χ4v) is 2.87. The minimum absolute atomic E-state index is 0.660. The highest BCUT2D eigenvalue weighted by Gasteiger charge is 2.31. The van der Waals surface area contributed by atoms with Gasteiger partial charge in [-0.05, 0) is 43.4 Å². The van der Waals surface area contributed by atoms with Crippen LogP contribution in [0, 0.1) is 5.92 Å². The predicted molar refractivity (Wildman–Crippen MR) is 88.3 cm³/mol. The molecule has 3 heteroatoms. The lowest BCUT2D eigenvalue weighted by molar-refractivity contribution is 0.111. The molecule has 1 unspecified atom stereocenters. The molecule has 0 amide bonds. The van der Waals surface area contributed by atoms with Gasteiger partial charge in [0.25, 0.3) is 0 Å². The lowest BCUT2D eigenvalue weighted by Gasteiger charge is -2.30. The molecule has 0 bridgehead atoms. The molecule has 1 N–H and O–H groups in total. The van der Waals surface area contributed by atoms with E-state index in [0.717, 1.165) is 38.7 Å². The lowest BCUT2D eigenvalue weighted by Crippen LogP contribution is -2.37. The molecule has 118 valence electrons. The standard InChI is InChI=1S/C18H30N2O/c1-4-19-13-17-7-5-6-8-18(17)14-20(11-12-21-3)15(2)16-9-10-16/h5-8,15-16,19H,4,9-14H2,1-3H3. The fraction of sp³-hybridized carbons (Fsp3) is 0.667. The Labute approximate surface area is 129 Å². The molecule has 0 radical (unpaired) electrons. The summed E-state index contributed by atoms with van der Waals surface area (Å²) in [6.07, 6.45) is 2.79. The Hall–Kier alpha value is -0.900. The fourth-order valence-electron chi connectivity index (χ4n) is 2.87. The average Bonchev–Trinajstić information content (AvgIpc) is 3.34. The zero-order valence-corrected chi connectivity index (χ0v) is 13.8. The Balaban J connectivity index is 2.04. The Morgan fingerprint density at radius 2 is 2.00 bits per heavy atom. The number of methoxy groups -OCH3 is 1. The smallest absolute Gasteiger partial charge is 0.0589 e. The SMILES string of the molecule is CCNCc1ccccc1CN(CCOC)C(C)C1CC1. The van der Waals surface area contributed by atoms with Crippen LogP contribution in [0.15, 0.2) is 24.3 Å². The largest absolute Gasteiger partial charge is 0.383 e. The van der Waals surface area contributed by atoms with Crippen LogP contribution in [0.4, 0.5) is 0 Å². The molecule has 1 atom stereocenters. The van der Waals surface area contributed by atoms with Gasteiger partial charge in [-0.15, -0.1) is 0 Å². The van der Waals surface area contributed by atoms with Crippen LogP contribution in [0.1, 0.15) is 37.8 Å². The summed E-state index contributed by atoms with van der Waals surface area (Å²) in [4.78, 5) is 2.59. The van der Waals surface area contributed by atoms with Gasteiger partial charge >= 0.3 is 0 Å². The van der Waals surface area contributed by atoms with Crippen LogP contribution >= 0.6 is 0 Å². The monoisotopic (exact) mass is 290 g/mol. The number of hydrogen-bond donors (Lipinski definition) is 1. The second-order valence-corrected chi connectivity index (χ2v) is 6.09. The van der Waals surface area contributed by atoms with E-state index < -0.39 is 0 Å². The zero-order chi connectivity index (χ0) is 15.1. The van der Waals surface area contributed by atoms with Crippen LogP contribution in [-0.2, 0) is 17.8 Å². The van der Waals surface area contributed by atoms with E-state index in [1.807, 2.05) is 0 Å². The first kappa shape index (κ1) is 16.5. The molecule has 1 saturated carbocycles. The van der Waals surface area contributed by atoms with Crippen molar-refractivity contribution in [2.75, 3.05) is 26.8 Å². The van der Waals surface area contributed by atoms with Gasteiger partial charge < -0.3 is 10.1 Å². The summed E-state index contributed by atoms with van der Waals surface area (Å²) in [5.41, 5.74) is 2.87. The predicted octanol–water partition coefficient (Wildman–Crippen LogP) is 3.04. The maximum Gasteiger partial charge on any atom is 0.0589 e. The second kappa shape index (κ2) is 8.52. The number of rotatable bonds is 10. The van der Waals surface area contributed by atoms with Gasteiger partial charge in [-0.25, -0.2) is 0 Å². The molecule has 21 heavy (non-hydrogen) atoms. The number of hydrogen-bond acceptors (Lipinski definition) is 3. The highest BCUT2D eigenvalue weighted by Crippen LogP contribution is 2.35. The first-order valence-electron chi connectivity index (χ1n) is 8.26. The molecular weight excluding hydrogens is 260 g/mol. The van der Waals surface area contributed by atoms with Crippen LogP contribution in [0.5, 0.6) is 0 Å². The Kier molecular flexibility index (Phi) is 6.68. The summed E-state index contributed by atoms with van der Waals surface area (Å²) >= 11 is 0. The van der Waals surface area contributed by atoms with Crippen molar-refractivity contribution in [1.29, 1.82) is 0 Å². The third-order valence-corrected chi connectivity index (χ3v) is 4.52. The Morgan fingerprint density at radius 1 is 1.29 bits per heavy atom. The van der Waals surface area contributed by atoms with E-state index in [1.54, 1.807) is 7.11 Å². The number of nitrogens with zero attached hydrogens (tertiary/aromatic N) is 1. The van der Waals surface area contributed by atoms with Crippen molar-refractivity contribution in [3.05, 3.63) is 35.4 Å². The molecule has 1 fully saturated rings. The normalized spacial score (nSPS) is 16.4. The molecule has 1 aliphatic carbocycles. The summed E-state index contributed by atoms with van der Waals surface area (Å²) in [6, 6.07) is 9.47. The van der Waals surface area contributed by atoms with Crippen molar-refractivity contribution < 1.29 is 4.74 Å². The van der Waals surface area contributed by atoms with E-state index in [1.165, 1.54) is 24.0 Å². The molecule has 1 aliphatic rings. The van der Waals surface area contributed by atoms with E-state index in [9.17, 15) is 0 Å². The Bertz CT molecular complexity index is 417. The third kappa shape index (κ3) is 5.10. The van der Waals surface area contributed by atoms with Crippen molar-refractivity contribution >= 4 is 0 Å². The number of benzene rings is 1. The Morgan fingerprint density at radius 3 is 2.62 bits per heavy atom. The van der Waals surface area contributed by atoms with Gasteiger partial charge in [0.15, 0.2) is 0 Å². The summed E-state index contributed by atoms with van der Waals surface area (Å²) < 4.78 is 5.30. The minimum Gasteiger partial charge on any atom is -0.383 e. The molecular formula is C18H30N2O. The van der Waals surface area contributed by atoms with Gasteiger partial charge in [0.05, 0.1) is 6.61 Å². The van der Waals surface area contributed by atoms with Crippen LogP contribution < -0.4 is 5.32 Å². The number of ether oxygens (including phenoxy) is 1. The maximum absolute atomic E-state index is 5.30. The van der Waals surface area contributed by atoms with Crippen molar-refractivity contribution in [2.24, 2.45) is 5.92 Å². The van der Waals surface area contributed by atoms with Crippen LogP contribution in [-0.4, -0.2) is 37.7 Å². The summed E-state index contributed by atoms with van der Waals surface area (Å²) in [5.74, 6) is 0.891. The van der Waals surface area contributed by atoms with Crippen LogP contribution in [0.25, 0.3) is 0 Å². The number of nitrogens with one attached hydrogen (secondary N) is 1. The van der Waals surface area contributed by atoms with Gasteiger partial charge in [-0.2, -0.15) is 0 Å². The molecule has 1 aromatic rings. The highest BCUT2D eigenvalue weighted by molar-refractivity contribution is 5.27. The van der Waals surface area contributed by atoms with E-state index in [4.69, 9.17) is 4.74 Å². The summed E-state index contributed by atoms with van der Waals surface area (Å²) in [6.45, 7) is 9.37. The first-order chi connectivity index (χ1) is 10.3. The third-order valence-electron chi connectivity index (χ3n) is 4.52. The van der Waals surface area contributed by atoms with Gasteiger partial charge in [-0.1, -0.05) is 31.2 Å². The topological polar surface area (TPSA) is 24.5 Å². The summed E-state index contributed by atoms with van der Waals surface area (Å²) in [5, 5.41) is 3.44. The van der Waals surface area contributed by atoms with E-state index in [-0.39, 0.29) is 0 Å². The molecule has 2 rings (SSSR count). The quantitative estimate of drug-likeness (QED) is 0.717. The molecule has 1 aromatic carbocycles. The maximum atomic E-state index is 5.30. The van der Waals surface area contributed by atoms with Crippen molar-refractivity contribution in [2.45, 2.75) is 45.8 Å². The van der Waals surface area contributed by atoms with E-state index in [2.05, 4.69) is 48.3 Å². The van der Waals surface area contributed by atoms with Gasteiger partial charge in [0, 0.05) is 32.8 Å². The average molecular weight is 290 g/mol. The van der Waals surface area contributed by atoms with Gasteiger partial charge in [-0.3, -0.25) is 4.90 Å². The minimum atomic E-state index is 0.660. The van der Waals surface area contributed by atoms with Crippen molar-refractivity contribution in [3.8, 4) is 0 Å². The molecule has 0 heterocycles. The second-order valence-electron chi connectivity index (χ2n) is 6.09. The summed E-state index contributed by atoms with van der Waals surface area (Å²) in [7, 11) is 1.79. The van der Waals surface area contributed by atoms with Gasteiger partial charge in [0.2, 0.25) is 0 Å². The van der Waals surface area contributed by atoms with Crippen molar-refractivity contribution in [3.63, 3.8) is 0 Å². The molecule has 0 spiro atoms. The van der Waals surface area contributed by atoms with Crippen molar-refractivity contribution in [1.82, 2.24) is 10.2 Å². The van der Waals surface area contributed by atoms with Gasteiger partial charge in [0.1, 0.15) is 0 Å².